The molecule has 0 saturated carbocycles. The molecule has 7 heteroatoms. The summed E-state index contributed by atoms with van der Waals surface area (Å²) < 4.78 is 22.3. The lowest BCUT2D eigenvalue weighted by atomic mass is 10.1. The van der Waals surface area contributed by atoms with Crippen molar-refractivity contribution in [1.82, 2.24) is 0 Å². The van der Waals surface area contributed by atoms with E-state index in [0.717, 1.165) is 6.26 Å². The Hall–Kier alpha value is -2.15. The van der Waals surface area contributed by atoms with Crippen LogP contribution in [0.4, 0.5) is 0 Å². The highest BCUT2D eigenvalue weighted by atomic mass is 32.2. The summed E-state index contributed by atoms with van der Waals surface area (Å²) in [6, 6.07) is 4.94. The molecule has 0 atom stereocenters. The molecule has 1 aromatic carbocycles. The van der Waals surface area contributed by atoms with E-state index in [1.54, 1.807) is 0 Å². The minimum Gasteiger partial charge on any atom is -0.502 e. The van der Waals surface area contributed by atoms with Gasteiger partial charge in [0.1, 0.15) is 0 Å². The number of carbonyl (C=O) groups excluding carboxylic acids is 1. The van der Waals surface area contributed by atoms with E-state index >= 15 is 0 Å². The minimum absolute atomic E-state index is 0.0467. The summed E-state index contributed by atoms with van der Waals surface area (Å²) in [6.07, 6.45) is 1.58. The number of carboxylic acids is 1. The van der Waals surface area contributed by atoms with Gasteiger partial charge in [0, 0.05) is 17.9 Å². The van der Waals surface area contributed by atoms with Gasteiger partial charge in [0.2, 0.25) is 5.76 Å². The SMILES string of the molecule is CS(=O)(=O)c1ccc(C(=O)C=C(O)C(=O)O)cc1. The maximum absolute atomic E-state index is 11.5. The van der Waals surface area contributed by atoms with Gasteiger partial charge in [0.25, 0.3) is 0 Å². The first-order valence-electron chi connectivity index (χ1n) is 4.70. The average molecular weight is 270 g/mol. The first-order valence-corrected chi connectivity index (χ1v) is 6.59. The second-order valence-corrected chi connectivity index (χ2v) is 5.51. The molecule has 0 radical (unpaired) electrons. The van der Waals surface area contributed by atoms with E-state index in [4.69, 9.17) is 10.2 Å². The van der Waals surface area contributed by atoms with E-state index in [-0.39, 0.29) is 10.5 Å². The van der Waals surface area contributed by atoms with E-state index in [2.05, 4.69) is 0 Å². The number of rotatable bonds is 4. The summed E-state index contributed by atoms with van der Waals surface area (Å²) in [4.78, 5) is 21.8. The Kier molecular flexibility index (Phi) is 3.87. The van der Waals surface area contributed by atoms with Crippen molar-refractivity contribution in [1.29, 1.82) is 0 Å². The molecule has 0 aliphatic carbocycles. The molecule has 0 spiro atoms. The highest BCUT2D eigenvalue weighted by Crippen LogP contribution is 2.11. The molecule has 2 N–H and O–H groups in total. The number of allylic oxidation sites excluding steroid dienone is 1. The van der Waals surface area contributed by atoms with Gasteiger partial charge in [0.15, 0.2) is 15.6 Å². The summed E-state index contributed by atoms with van der Waals surface area (Å²) in [5.74, 6) is -3.42. The number of sulfone groups is 1. The predicted octanol–water partition coefficient (Wildman–Crippen LogP) is 0.799. The minimum atomic E-state index is -3.35. The highest BCUT2D eigenvalue weighted by Gasteiger charge is 2.11. The number of carboxylic acid groups (broad SMARTS) is 1. The van der Waals surface area contributed by atoms with Gasteiger partial charge in [-0.1, -0.05) is 0 Å². The van der Waals surface area contributed by atoms with E-state index in [1.807, 2.05) is 0 Å². The predicted molar refractivity (Wildman–Crippen MR) is 62.2 cm³/mol. The van der Waals surface area contributed by atoms with Gasteiger partial charge in [-0.2, -0.15) is 0 Å². The molecule has 0 fully saturated rings. The van der Waals surface area contributed by atoms with Crippen molar-refractivity contribution in [2.75, 3.05) is 6.26 Å². The second kappa shape index (κ2) is 5.01. The van der Waals surface area contributed by atoms with Gasteiger partial charge >= 0.3 is 5.97 Å². The molecule has 0 saturated heterocycles. The average Bonchev–Trinajstić information content (AvgIpc) is 2.27. The van der Waals surface area contributed by atoms with Crippen LogP contribution < -0.4 is 0 Å². The van der Waals surface area contributed by atoms with E-state index in [9.17, 15) is 18.0 Å². The Bertz CT molecular complexity index is 609. The lowest BCUT2D eigenvalue weighted by Crippen LogP contribution is -2.04. The third-order valence-electron chi connectivity index (χ3n) is 2.05. The molecule has 0 aliphatic heterocycles. The molecule has 1 aromatic rings. The van der Waals surface area contributed by atoms with Crippen LogP contribution in [0.2, 0.25) is 0 Å². The topological polar surface area (TPSA) is 109 Å². The number of aliphatic carboxylic acids is 1. The largest absolute Gasteiger partial charge is 0.502 e. The van der Waals surface area contributed by atoms with E-state index in [1.165, 1.54) is 24.3 Å². The molecular formula is C11H10O6S. The number of carbonyl (C=O) groups is 2. The molecular weight excluding hydrogens is 260 g/mol. The summed E-state index contributed by atoms with van der Waals surface area (Å²) in [5, 5.41) is 17.3. The van der Waals surface area contributed by atoms with Crippen molar-refractivity contribution >= 4 is 21.6 Å². The van der Waals surface area contributed by atoms with Crippen molar-refractivity contribution < 1.29 is 28.2 Å². The first kappa shape index (κ1) is 13.9. The van der Waals surface area contributed by atoms with Crippen LogP contribution in [0.3, 0.4) is 0 Å². The summed E-state index contributed by atoms with van der Waals surface area (Å²) >= 11 is 0. The number of aliphatic hydroxyl groups is 1. The Morgan fingerprint density at radius 1 is 1.11 bits per heavy atom. The second-order valence-electron chi connectivity index (χ2n) is 3.50. The van der Waals surface area contributed by atoms with Gasteiger partial charge in [-0.15, -0.1) is 0 Å². The molecule has 0 bridgehead atoms. The quantitative estimate of drug-likeness (QED) is 0.476. The van der Waals surface area contributed by atoms with Crippen LogP contribution >= 0.6 is 0 Å². The van der Waals surface area contributed by atoms with E-state index in [0.29, 0.717) is 6.08 Å². The number of aliphatic hydroxyl groups excluding tert-OH is 1. The highest BCUT2D eigenvalue weighted by molar-refractivity contribution is 7.90. The molecule has 1 rings (SSSR count). The molecule has 0 amide bonds. The van der Waals surface area contributed by atoms with Crippen molar-refractivity contribution in [3.8, 4) is 0 Å². The number of hydrogen-bond donors (Lipinski definition) is 2. The van der Waals surface area contributed by atoms with Crippen molar-refractivity contribution in [3.63, 3.8) is 0 Å². The van der Waals surface area contributed by atoms with Crippen LogP contribution in [-0.2, 0) is 14.6 Å². The molecule has 0 aliphatic rings. The Morgan fingerprint density at radius 3 is 2.00 bits per heavy atom. The summed E-state index contributed by atoms with van der Waals surface area (Å²) in [6.45, 7) is 0. The fraction of sp³-hybridized carbons (Fsp3) is 0.0909. The Morgan fingerprint density at radius 2 is 1.61 bits per heavy atom. The van der Waals surface area contributed by atoms with Gasteiger partial charge in [-0.3, -0.25) is 4.79 Å². The molecule has 96 valence electrons. The molecule has 6 nitrogen and oxygen atoms in total. The fourth-order valence-electron chi connectivity index (χ4n) is 1.14. The van der Waals surface area contributed by atoms with Crippen molar-refractivity contribution in [3.05, 3.63) is 41.7 Å². The van der Waals surface area contributed by atoms with Crippen LogP contribution in [0, 0.1) is 0 Å². The summed E-state index contributed by atoms with van der Waals surface area (Å²) in [5.41, 5.74) is 0.0789. The fourth-order valence-corrected chi connectivity index (χ4v) is 1.77. The van der Waals surface area contributed by atoms with Crippen molar-refractivity contribution in [2.24, 2.45) is 0 Å². The standard InChI is InChI=1S/C11H10O6S/c1-18(16,17)8-4-2-7(3-5-8)9(12)6-10(13)11(14)15/h2-6,13H,1H3,(H,14,15). The lowest BCUT2D eigenvalue weighted by molar-refractivity contribution is -0.135. The van der Waals surface area contributed by atoms with Gasteiger partial charge < -0.3 is 10.2 Å². The van der Waals surface area contributed by atoms with E-state index < -0.39 is 27.3 Å². The monoisotopic (exact) mass is 270 g/mol. The van der Waals surface area contributed by atoms with Crippen LogP contribution in [0.15, 0.2) is 41.0 Å². The van der Waals surface area contributed by atoms with Gasteiger partial charge in [-0.05, 0) is 24.3 Å². The van der Waals surface area contributed by atoms with Crippen LogP contribution in [-0.4, -0.2) is 36.6 Å². The third-order valence-corrected chi connectivity index (χ3v) is 3.18. The Labute approximate surface area is 103 Å². The normalized spacial score (nSPS) is 12.2. The molecule has 0 aromatic heterocycles. The zero-order valence-electron chi connectivity index (χ0n) is 9.32. The lowest BCUT2D eigenvalue weighted by Gasteiger charge is -2.00. The van der Waals surface area contributed by atoms with Gasteiger partial charge in [-0.25, -0.2) is 13.2 Å². The van der Waals surface area contributed by atoms with Crippen LogP contribution in [0.1, 0.15) is 10.4 Å². The molecule has 0 heterocycles. The number of ketones is 1. The maximum atomic E-state index is 11.5. The van der Waals surface area contributed by atoms with Gasteiger partial charge in [0.05, 0.1) is 4.90 Å². The van der Waals surface area contributed by atoms with Crippen molar-refractivity contribution in [2.45, 2.75) is 4.90 Å². The number of hydrogen-bond acceptors (Lipinski definition) is 5. The molecule has 0 unspecified atom stereocenters. The van der Waals surface area contributed by atoms with Crippen LogP contribution in [0.5, 0.6) is 0 Å². The zero-order chi connectivity index (χ0) is 13.9. The number of benzene rings is 1. The first-order chi connectivity index (χ1) is 8.21. The maximum Gasteiger partial charge on any atom is 0.371 e. The smallest absolute Gasteiger partial charge is 0.371 e. The van der Waals surface area contributed by atoms with Crippen LogP contribution in [0.25, 0.3) is 0 Å². The zero-order valence-corrected chi connectivity index (χ0v) is 10.1. The Balaban J connectivity index is 3.04. The summed E-state index contributed by atoms with van der Waals surface area (Å²) in [7, 11) is -3.35. The molecule has 18 heavy (non-hydrogen) atoms. The third kappa shape index (κ3) is 3.42.